The largest absolute Gasteiger partial charge is 0.348 e. The molecular formula is C18H25NO3. The maximum Gasteiger partial charge on any atom is 0.246 e. The third-order valence-corrected chi connectivity index (χ3v) is 3.99. The lowest BCUT2D eigenvalue weighted by Gasteiger charge is -2.27. The van der Waals surface area contributed by atoms with Gasteiger partial charge in [-0.15, -0.1) is 0 Å². The van der Waals surface area contributed by atoms with E-state index in [1.54, 1.807) is 4.90 Å². The molecule has 0 spiro atoms. The number of hydrogen-bond acceptors (Lipinski definition) is 3. The van der Waals surface area contributed by atoms with E-state index in [-0.39, 0.29) is 5.91 Å². The van der Waals surface area contributed by atoms with Gasteiger partial charge in [0.2, 0.25) is 5.91 Å². The Kier molecular flexibility index (Phi) is 5.75. The second-order valence-electron chi connectivity index (χ2n) is 5.72. The summed E-state index contributed by atoms with van der Waals surface area (Å²) >= 11 is 0. The molecule has 0 aromatic heterocycles. The second kappa shape index (κ2) is 7.56. The van der Waals surface area contributed by atoms with Crippen molar-refractivity contribution in [3.05, 3.63) is 48.0 Å². The van der Waals surface area contributed by atoms with Crippen molar-refractivity contribution in [2.75, 3.05) is 19.8 Å². The van der Waals surface area contributed by atoms with E-state index in [4.69, 9.17) is 9.47 Å². The summed E-state index contributed by atoms with van der Waals surface area (Å²) in [6.45, 7) is 10.0. The highest BCUT2D eigenvalue weighted by Crippen LogP contribution is 2.23. The molecule has 2 rings (SSSR count). The van der Waals surface area contributed by atoms with Crippen LogP contribution in [0.5, 0.6) is 0 Å². The molecule has 0 atom stereocenters. The van der Waals surface area contributed by atoms with Crippen molar-refractivity contribution in [2.24, 2.45) is 0 Å². The Morgan fingerprint density at radius 2 is 2.05 bits per heavy atom. The van der Waals surface area contributed by atoms with Crippen molar-refractivity contribution in [1.29, 1.82) is 0 Å². The van der Waals surface area contributed by atoms with Crippen molar-refractivity contribution in [2.45, 2.75) is 39.0 Å². The summed E-state index contributed by atoms with van der Waals surface area (Å²) in [4.78, 5) is 13.9. The Labute approximate surface area is 132 Å². The van der Waals surface area contributed by atoms with Crippen LogP contribution < -0.4 is 0 Å². The van der Waals surface area contributed by atoms with E-state index in [9.17, 15) is 4.79 Å². The van der Waals surface area contributed by atoms with Gasteiger partial charge in [-0.05, 0) is 30.5 Å². The van der Waals surface area contributed by atoms with Crippen LogP contribution in [0.4, 0.5) is 0 Å². The maximum atomic E-state index is 12.1. The summed E-state index contributed by atoms with van der Waals surface area (Å²) in [6, 6.07) is 8.33. The van der Waals surface area contributed by atoms with E-state index in [0.717, 1.165) is 12.0 Å². The zero-order valence-corrected chi connectivity index (χ0v) is 13.5. The molecule has 1 aliphatic heterocycles. The first kappa shape index (κ1) is 16.7. The molecule has 0 bridgehead atoms. The molecule has 0 radical (unpaired) electrons. The summed E-state index contributed by atoms with van der Waals surface area (Å²) in [5, 5.41) is 0. The lowest BCUT2D eigenvalue weighted by Crippen LogP contribution is -2.36. The molecule has 1 heterocycles. The Morgan fingerprint density at radius 3 is 2.68 bits per heavy atom. The van der Waals surface area contributed by atoms with E-state index in [2.05, 4.69) is 25.6 Å². The number of benzene rings is 1. The van der Waals surface area contributed by atoms with Gasteiger partial charge in [-0.25, -0.2) is 0 Å². The van der Waals surface area contributed by atoms with Gasteiger partial charge in [0.25, 0.3) is 0 Å². The smallest absolute Gasteiger partial charge is 0.246 e. The van der Waals surface area contributed by atoms with E-state index in [1.807, 2.05) is 19.1 Å². The first-order chi connectivity index (χ1) is 10.6. The molecule has 1 aromatic rings. The molecule has 0 aliphatic carbocycles. The minimum atomic E-state index is -0.578. The van der Waals surface area contributed by atoms with Crippen LogP contribution in [0.25, 0.3) is 0 Å². The summed E-state index contributed by atoms with van der Waals surface area (Å²) in [6.07, 6.45) is 3.01. The molecule has 1 aliphatic rings. The van der Waals surface area contributed by atoms with Crippen LogP contribution in [0.1, 0.15) is 31.4 Å². The fourth-order valence-electron chi connectivity index (χ4n) is 2.60. The number of amides is 1. The van der Waals surface area contributed by atoms with Crippen molar-refractivity contribution in [3.63, 3.8) is 0 Å². The highest BCUT2D eigenvalue weighted by atomic mass is 16.7. The molecular weight excluding hydrogens is 278 g/mol. The maximum absolute atomic E-state index is 12.1. The van der Waals surface area contributed by atoms with Crippen molar-refractivity contribution in [1.82, 2.24) is 4.90 Å². The number of aryl methyl sites for hydroxylation is 1. The lowest BCUT2D eigenvalue weighted by molar-refractivity contribution is -0.152. The predicted octanol–water partition coefficient (Wildman–Crippen LogP) is 2.92. The highest BCUT2D eigenvalue weighted by Gasteiger charge is 2.31. The first-order valence-electron chi connectivity index (χ1n) is 7.83. The number of carbonyl (C=O) groups excluding carboxylic acids is 1. The monoisotopic (exact) mass is 303 g/mol. The van der Waals surface area contributed by atoms with Crippen LogP contribution in [0, 0.1) is 0 Å². The zero-order valence-electron chi connectivity index (χ0n) is 13.5. The van der Waals surface area contributed by atoms with Gasteiger partial charge in [0, 0.05) is 19.5 Å². The molecule has 0 saturated carbocycles. The minimum absolute atomic E-state index is 0.0662. The van der Waals surface area contributed by atoms with Gasteiger partial charge in [0.05, 0.1) is 13.2 Å². The zero-order chi connectivity index (χ0) is 16.0. The molecule has 1 saturated heterocycles. The van der Waals surface area contributed by atoms with Gasteiger partial charge in [-0.1, -0.05) is 37.8 Å². The average molecular weight is 303 g/mol. The normalized spacial score (nSPS) is 16.5. The first-order valence-corrected chi connectivity index (χ1v) is 7.83. The average Bonchev–Trinajstić information content (AvgIpc) is 2.98. The van der Waals surface area contributed by atoms with E-state index >= 15 is 0 Å². The number of hydrogen-bond donors (Lipinski definition) is 0. The second-order valence-corrected chi connectivity index (χ2v) is 5.72. The van der Waals surface area contributed by atoms with E-state index in [0.29, 0.717) is 32.7 Å². The third-order valence-electron chi connectivity index (χ3n) is 3.99. The third kappa shape index (κ3) is 4.42. The van der Waals surface area contributed by atoms with Gasteiger partial charge in [0.15, 0.2) is 5.79 Å². The Bertz CT molecular complexity index is 521. The number of ether oxygens (including phenoxy) is 2. The number of carbonyl (C=O) groups is 1. The fourth-order valence-corrected chi connectivity index (χ4v) is 2.60. The SMILES string of the molecule is C=CC(=O)N(CCC1(C)OCCO1)Cc1cccc(CC)c1. The molecule has 4 heteroatoms. The molecule has 22 heavy (non-hydrogen) atoms. The predicted molar refractivity (Wildman–Crippen MR) is 86.4 cm³/mol. The van der Waals surface area contributed by atoms with Gasteiger partial charge in [0.1, 0.15) is 0 Å². The number of nitrogens with zero attached hydrogens (tertiary/aromatic N) is 1. The van der Waals surface area contributed by atoms with Gasteiger partial charge < -0.3 is 14.4 Å². The highest BCUT2D eigenvalue weighted by molar-refractivity contribution is 5.86. The van der Waals surface area contributed by atoms with Crippen LogP contribution in [-0.2, 0) is 27.2 Å². The topological polar surface area (TPSA) is 38.8 Å². The van der Waals surface area contributed by atoms with Gasteiger partial charge >= 0.3 is 0 Å². The van der Waals surface area contributed by atoms with Crippen LogP contribution in [0.15, 0.2) is 36.9 Å². The van der Waals surface area contributed by atoms with E-state index in [1.165, 1.54) is 11.6 Å². The van der Waals surface area contributed by atoms with Crippen LogP contribution in [0.3, 0.4) is 0 Å². The minimum Gasteiger partial charge on any atom is -0.348 e. The summed E-state index contributed by atoms with van der Waals surface area (Å²) in [5.74, 6) is -0.645. The molecule has 0 N–H and O–H groups in total. The molecule has 120 valence electrons. The van der Waals surface area contributed by atoms with Crippen molar-refractivity contribution in [3.8, 4) is 0 Å². The van der Waals surface area contributed by atoms with Gasteiger partial charge in [-0.3, -0.25) is 4.79 Å². The molecule has 1 fully saturated rings. The van der Waals surface area contributed by atoms with Crippen LogP contribution >= 0.6 is 0 Å². The van der Waals surface area contributed by atoms with Crippen molar-refractivity contribution < 1.29 is 14.3 Å². The Hall–Kier alpha value is -1.65. The molecule has 1 amide bonds. The quantitative estimate of drug-likeness (QED) is 0.727. The summed E-state index contributed by atoms with van der Waals surface area (Å²) < 4.78 is 11.2. The summed E-state index contributed by atoms with van der Waals surface area (Å²) in [7, 11) is 0. The fraction of sp³-hybridized carbons (Fsp3) is 0.500. The summed E-state index contributed by atoms with van der Waals surface area (Å²) in [5.41, 5.74) is 2.41. The standard InChI is InChI=1S/C18H25NO3/c1-4-15-7-6-8-16(13-15)14-19(17(20)5-2)10-9-18(3)21-11-12-22-18/h5-8,13H,2,4,9-12,14H2,1,3H3. The van der Waals surface area contributed by atoms with Crippen LogP contribution in [-0.4, -0.2) is 36.4 Å². The lowest BCUT2D eigenvalue weighted by atomic mass is 10.1. The van der Waals surface area contributed by atoms with Crippen molar-refractivity contribution >= 4 is 5.91 Å². The van der Waals surface area contributed by atoms with Gasteiger partial charge in [-0.2, -0.15) is 0 Å². The van der Waals surface area contributed by atoms with Crippen LogP contribution in [0.2, 0.25) is 0 Å². The Morgan fingerprint density at radius 1 is 1.36 bits per heavy atom. The Balaban J connectivity index is 2.02. The molecule has 1 aromatic carbocycles. The molecule has 4 nitrogen and oxygen atoms in total. The molecule has 0 unspecified atom stereocenters. The number of rotatable bonds is 7. The van der Waals surface area contributed by atoms with E-state index < -0.39 is 5.79 Å².